The highest BCUT2D eigenvalue weighted by atomic mass is 35.5. The van der Waals surface area contributed by atoms with Crippen LogP contribution in [0.15, 0.2) is 48.6 Å². The van der Waals surface area contributed by atoms with Gasteiger partial charge in [-0.05, 0) is 54.7 Å². The monoisotopic (exact) mass is 359 g/mol. The standard InChI is InChI=1S/C20H19Cl2NO/c1-2-24-12-9-10-18-16(11-12)13-5-3-6-14(13)20(23-18)15-7-4-8-17(21)19(15)22/h3-5,7-11,13-14,20,23H,2,6H2,1H3/t13-,14-,20-/m1/s1. The topological polar surface area (TPSA) is 21.3 Å². The molecule has 0 amide bonds. The van der Waals surface area contributed by atoms with Gasteiger partial charge in [-0.15, -0.1) is 0 Å². The first-order valence-electron chi connectivity index (χ1n) is 8.33. The van der Waals surface area contributed by atoms with Gasteiger partial charge in [-0.2, -0.15) is 0 Å². The van der Waals surface area contributed by atoms with E-state index < -0.39 is 0 Å². The zero-order valence-electron chi connectivity index (χ0n) is 13.4. The summed E-state index contributed by atoms with van der Waals surface area (Å²) in [6.45, 7) is 2.68. The van der Waals surface area contributed by atoms with Crippen LogP contribution in [0.2, 0.25) is 10.0 Å². The van der Waals surface area contributed by atoms with E-state index in [2.05, 4.69) is 35.7 Å². The number of benzene rings is 2. The first-order chi connectivity index (χ1) is 11.7. The van der Waals surface area contributed by atoms with Gasteiger partial charge >= 0.3 is 0 Å². The van der Waals surface area contributed by atoms with Crippen LogP contribution in [0.5, 0.6) is 5.75 Å². The van der Waals surface area contributed by atoms with Gasteiger partial charge in [0.25, 0.3) is 0 Å². The summed E-state index contributed by atoms with van der Waals surface area (Å²) in [5.41, 5.74) is 3.52. The van der Waals surface area contributed by atoms with E-state index in [9.17, 15) is 0 Å². The highest BCUT2D eigenvalue weighted by Gasteiger charge is 2.38. The van der Waals surface area contributed by atoms with Gasteiger partial charge in [0.2, 0.25) is 0 Å². The average Bonchev–Trinajstić information content (AvgIpc) is 3.07. The number of halogens is 2. The summed E-state index contributed by atoms with van der Waals surface area (Å²) in [6, 6.07) is 12.3. The Bertz CT molecular complexity index is 802. The summed E-state index contributed by atoms with van der Waals surface area (Å²) in [4.78, 5) is 0. The maximum absolute atomic E-state index is 6.50. The molecule has 1 heterocycles. The maximum atomic E-state index is 6.50. The van der Waals surface area contributed by atoms with Crippen LogP contribution in [0.3, 0.4) is 0 Å². The molecule has 4 rings (SSSR count). The van der Waals surface area contributed by atoms with E-state index in [0.29, 0.717) is 28.5 Å². The van der Waals surface area contributed by atoms with Crippen LogP contribution in [-0.2, 0) is 0 Å². The molecular weight excluding hydrogens is 341 g/mol. The highest BCUT2D eigenvalue weighted by Crippen LogP contribution is 2.51. The van der Waals surface area contributed by atoms with Crippen molar-refractivity contribution in [2.24, 2.45) is 5.92 Å². The first kappa shape index (κ1) is 15.9. The van der Waals surface area contributed by atoms with Crippen molar-refractivity contribution in [2.45, 2.75) is 25.3 Å². The molecule has 0 bridgehead atoms. The molecule has 2 aromatic carbocycles. The Morgan fingerprint density at radius 3 is 2.88 bits per heavy atom. The number of rotatable bonds is 3. The minimum Gasteiger partial charge on any atom is -0.494 e. The van der Waals surface area contributed by atoms with Gasteiger partial charge in [-0.1, -0.05) is 47.5 Å². The van der Waals surface area contributed by atoms with Crippen LogP contribution in [0.4, 0.5) is 5.69 Å². The molecular formula is C20H19Cl2NO. The molecule has 0 saturated carbocycles. The molecule has 1 aliphatic heterocycles. The number of hydrogen-bond donors (Lipinski definition) is 1. The third-order valence-electron chi connectivity index (χ3n) is 4.96. The van der Waals surface area contributed by atoms with Crippen molar-refractivity contribution < 1.29 is 4.74 Å². The fraction of sp³-hybridized carbons (Fsp3) is 0.300. The smallest absolute Gasteiger partial charge is 0.119 e. The Morgan fingerprint density at radius 2 is 2.04 bits per heavy atom. The zero-order valence-corrected chi connectivity index (χ0v) is 14.9. The van der Waals surface area contributed by atoms with E-state index in [1.165, 1.54) is 5.56 Å². The first-order valence-corrected chi connectivity index (χ1v) is 9.08. The van der Waals surface area contributed by atoms with Crippen LogP contribution in [-0.4, -0.2) is 6.61 Å². The predicted molar refractivity (Wildman–Crippen MR) is 100 cm³/mol. The van der Waals surface area contributed by atoms with Gasteiger partial charge in [0.05, 0.1) is 22.7 Å². The van der Waals surface area contributed by atoms with Gasteiger partial charge in [0, 0.05) is 11.6 Å². The van der Waals surface area contributed by atoms with Crippen molar-refractivity contribution in [1.29, 1.82) is 0 Å². The van der Waals surface area contributed by atoms with Gasteiger partial charge in [-0.25, -0.2) is 0 Å². The Hall–Kier alpha value is -1.64. The summed E-state index contributed by atoms with van der Waals surface area (Å²) < 4.78 is 5.68. The summed E-state index contributed by atoms with van der Waals surface area (Å²) in [5, 5.41) is 4.94. The number of allylic oxidation sites excluding steroid dienone is 2. The molecule has 1 N–H and O–H groups in total. The lowest BCUT2D eigenvalue weighted by Gasteiger charge is -2.38. The molecule has 24 heavy (non-hydrogen) atoms. The van der Waals surface area contributed by atoms with E-state index >= 15 is 0 Å². The molecule has 0 aromatic heterocycles. The van der Waals surface area contributed by atoms with E-state index in [1.807, 2.05) is 25.1 Å². The SMILES string of the molecule is CCOc1ccc2c(c1)[C@@H]1C=CC[C@H]1[C@H](c1cccc(Cl)c1Cl)N2. The van der Waals surface area contributed by atoms with Crippen molar-refractivity contribution in [3.63, 3.8) is 0 Å². The molecule has 0 unspecified atom stereocenters. The minimum atomic E-state index is 0.154. The lowest BCUT2D eigenvalue weighted by molar-refractivity contribution is 0.338. The minimum absolute atomic E-state index is 0.154. The van der Waals surface area contributed by atoms with Crippen LogP contribution in [0, 0.1) is 5.92 Å². The Labute approximate surface area is 152 Å². The summed E-state index contributed by atoms with van der Waals surface area (Å²) in [7, 11) is 0. The van der Waals surface area contributed by atoms with E-state index in [4.69, 9.17) is 27.9 Å². The predicted octanol–water partition coefficient (Wildman–Crippen LogP) is 6.22. The Balaban J connectivity index is 1.77. The summed E-state index contributed by atoms with van der Waals surface area (Å²) in [6.07, 6.45) is 5.61. The van der Waals surface area contributed by atoms with Crippen molar-refractivity contribution in [1.82, 2.24) is 0 Å². The van der Waals surface area contributed by atoms with Crippen LogP contribution in [0.25, 0.3) is 0 Å². The van der Waals surface area contributed by atoms with Crippen molar-refractivity contribution in [2.75, 3.05) is 11.9 Å². The zero-order chi connectivity index (χ0) is 16.7. The maximum Gasteiger partial charge on any atom is 0.119 e. The lowest BCUT2D eigenvalue weighted by Crippen LogP contribution is -2.29. The number of nitrogens with one attached hydrogen (secondary N) is 1. The average molecular weight is 360 g/mol. The van der Waals surface area contributed by atoms with Crippen molar-refractivity contribution in [3.05, 3.63) is 69.7 Å². The lowest BCUT2D eigenvalue weighted by atomic mass is 9.77. The summed E-state index contributed by atoms with van der Waals surface area (Å²) >= 11 is 12.7. The number of hydrogen-bond acceptors (Lipinski definition) is 2. The number of anilines is 1. The third-order valence-corrected chi connectivity index (χ3v) is 5.80. The van der Waals surface area contributed by atoms with Crippen LogP contribution >= 0.6 is 23.2 Å². The quantitative estimate of drug-likeness (QED) is 0.656. The second-order valence-corrected chi connectivity index (χ2v) is 7.09. The molecule has 2 nitrogen and oxygen atoms in total. The third kappa shape index (κ3) is 2.58. The summed E-state index contributed by atoms with van der Waals surface area (Å²) in [5.74, 6) is 1.74. The molecule has 4 heteroatoms. The second-order valence-electron chi connectivity index (χ2n) is 6.30. The Kier molecular flexibility index (Phi) is 4.19. The van der Waals surface area contributed by atoms with Gasteiger partial charge in [0.1, 0.15) is 5.75 Å². The van der Waals surface area contributed by atoms with Gasteiger partial charge < -0.3 is 10.1 Å². The molecule has 0 fully saturated rings. The fourth-order valence-corrected chi connectivity index (χ4v) is 4.32. The fourth-order valence-electron chi connectivity index (χ4n) is 3.90. The van der Waals surface area contributed by atoms with Gasteiger partial charge in [0.15, 0.2) is 0 Å². The molecule has 0 spiro atoms. The van der Waals surface area contributed by atoms with Crippen molar-refractivity contribution in [3.8, 4) is 5.75 Å². The second kappa shape index (κ2) is 6.34. The van der Waals surface area contributed by atoms with E-state index in [-0.39, 0.29) is 6.04 Å². The van der Waals surface area contributed by atoms with Crippen LogP contribution in [0.1, 0.15) is 36.4 Å². The number of ether oxygens (including phenoxy) is 1. The number of fused-ring (bicyclic) bond motifs is 3. The van der Waals surface area contributed by atoms with E-state index in [0.717, 1.165) is 23.4 Å². The molecule has 3 atom stereocenters. The van der Waals surface area contributed by atoms with Crippen molar-refractivity contribution >= 4 is 28.9 Å². The molecule has 1 aliphatic carbocycles. The molecule has 0 radical (unpaired) electrons. The largest absolute Gasteiger partial charge is 0.494 e. The normalized spacial score (nSPS) is 24.2. The van der Waals surface area contributed by atoms with E-state index in [1.54, 1.807) is 0 Å². The van der Waals surface area contributed by atoms with Crippen LogP contribution < -0.4 is 10.1 Å². The molecule has 124 valence electrons. The van der Waals surface area contributed by atoms with Gasteiger partial charge in [-0.3, -0.25) is 0 Å². The highest BCUT2D eigenvalue weighted by molar-refractivity contribution is 6.42. The molecule has 2 aromatic rings. The Morgan fingerprint density at radius 1 is 1.17 bits per heavy atom. The molecule has 0 saturated heterocycles. The molecule has 2 aliphatic rings.